The van der Waals surface area contributed by atoms with Crippen molar-refractivity contribution in [1.29, 1.82) is 0 Å². The molecule has 0 atom stereocenters. The molecule has 0 bridgehead atoms. The Labute approximate surface area is 182 Å². The van der Waals surface area contributed by atoms with Crippen molar-refractivity contribution in [2.75, 3.05) is 0 Å². The average Bonchev–Trinajstić information content (AvgIpc) is 2.71. The first-order chi connectivity index (χ1) is 14.3. The fraction of sp³-hybridized carbons (Fsp3) is 0.125. The van der Waals surface area contributed by atoms with Crippen LogP contribution >= 0.6 is 23.2 Å². The lowest BCUT2D eigenvalue weighted by Gasteiger charge is -2.14. The number of benzene rings is 3. The van der Waals surface area contributed by atoms with Crippen molar-refractivity contribution < 1.29 is 13.5 Å². The summed E-state index contributed by atoms with van der Waals surface area (Å²) in [5.41, 5.74) is 2.85. The minimum absolute atomic E-state index is 0.00704. The molecule has 0 fully saturated rings. The molecule has 0 aliphatic rings. The van der Waals surface area contributed by atoms with Crippen LogP contribution < -0.4 is 10.2 Å². The van der Waals surface area contributed by atoms with Crippen LogP contribution in [0.5, 0.6) is 5.75 Å². The standard InChI is InChI=1S/C24H17Cl2FO3/c1-13-10-17-21(11-14(13)2)30-23(15-6-8-16(25)9-7-15)24(22(17)28)29-12-18-19(26)4-3-5-20(18)27/h3-11H,12H2,1-2H3. The van der Waals surface area contributed by atoms with Crippen molar-refractivity contribution in [3.8, 4) is 17.1 Å². The second kappa shape index (κ2) is 8.13. The van der Waals surface area contributed by atoms with Crippen LogP contribution in [-0.4, -0.2) is 0 Å². The van der Waals surface area contributed by atoms with Gasteiger partial charge in [0.25, 0.3) is 0 Å². The Morgan fingerprint density at radius 2 is 1.70 bits per heavy atom. The predicted octanol–water partition coefficient (Wildman–Crippen LogP) is 7.10. The van der Waals surface area contributed by atoms with Crippen molar-refractivity contribution in [3.05, 3.63) is 97.4 Å². The van der Waals surface area contributed by atoms with Crippen molar-refractivity contribution in [2.24, 2.45) is 0 Å². The third kappa shape index (κ3) is 3.81. The molecule has 0 aliphatic carbocycles. The van der Waals surface area contributed by atoms with E-state index in [-0.39, 0.29) is 34.1 Å². The maximum Gasteiger partial charge on any atom is 0.235 e. The van der Waals surface area contributed by atoms with Gasteiger partial charge >= 0.3 is 0 Å². The minimum Gasteiger partial charge on any atom is -0.481 e. The van der Waals surface area contributed by atoms with E-state index >= 15 is 0 Å². The van der Waals surface area contributed by atoms with Gasteiger partial charge in [-0.2, -0.15) is 0 Å². The average molecular weight is 443 g/mol. The molecule has 0 saturated carbocycles. The normalized spacial score (nSPS) is 11.1. The van der Waals surface area contributed by atoms with E-state index in [1.807, 2.05) is 19.9 Å². The fourth-order valence-electron chi connectivity index (χ4n) is 3.17. The van der Waals surface area contributed by atoms with E-state index in [9.17, 15) is 9.18 Å². The first-order valence-electron chi connectivity index (χ1n) is 9.25. The van der Waals surface area contributed by atoms with Crippen molar-refractivity contribution >= 4 is 34.2 Å². The molecule has 152 valence electrons. The van der Waals surface area contributed by atoms with Crippen LogP contribution in [-0.2, 0) is 6.61 Å². The van der Waals surface area contributed by atoms with Gasteiger partial charge in [-0.25, -0.2) is 4.39 Å². The number of halogens is 3. The van der Waals surface area contributed by atoms with E-state index in [2.05, 4.69) is 0 Å². The van der Waals surface area contributed by atoms with Crippen LogP contribution in [0.1, 0.15) is 16.7 Å². The molecule has 3 nitrogen and oxygen atoms in total. The first-order valence-corrected chi connectivity index (χ1v) is 10.0. The zero-order chi connectivity index (χ0) is 21.4. The lowest BCUT2D eigenvalue weighted by atomic mass is 10.0. The summed E-state index contributed by atoms with van der Waals surface area (Å²) >= 11 is 12.1. The second-order valence-corrected chi connectivity index (χ2v) is 7.86. The highest BCUT2D eigenvalue weighted by atomic mass is 35.5. The number of hydrogen-bond donors (Lipinski definition) is 0. The number of hydrogen-bond acceptors (Lipinski definition) is 3. The van der Waals surface area contributed by atoms with Crippen LogP contribution in [0.2, 0.25) is 10.0 Å². The highest BCUT2D eigenvalue weighted by Gasteiger charge is 2.20. The molecular formula is C24H17Cl2FO3. The van der Waals surface area contributed by atoms with Gasteiger partial charge in [-0.05, 0) is 73.5 Å². The summed E-state index contributed by atoms with van der Waals surface area (Å²) < 4.78 is 26.1. The molecule has 0 N–H and O–H groups in total. The maximum absolute atomic E-state index is 14.2. The Bertz CT molecular complexity index is 1290. The Morgan fingerprint density at radius 3 is 2.40 bits per heavy atom. The molecule has 0 aliphatic heterocycles. The summed E-state index contributed by atoms with van der Waals surface area (Å²) in [4.78, 5) is 13.3. The lowest BCUT2D eigenvalue weighted by molar-refractivity contribution is 0.292. The Balaban J connectivity index is 1.90. The molecule has 3 aromatic carbocycles. The zero-order valence-corrected chi connectivity index (χ0v) is 17.8. The van der Waals surface area contributed by atoms with Crippen molar-refractivity contribution in [2.45, 2.75) is 20.5 Å². The molecule has 0 radical (unpaired) electrons. The topological polar surface area (TPSA) is 39.4 Å². The van der Waals surface area contributed by atoms with Crippen LogP contribution in [0, 0.1) is 19.7 Å². The molecule has 4 rings (SSSR count). The van der Waals surface area contributed by atoms with Gasteiger partial charge in [0.1, 0.15) is 18.0 Å². The van der Waals surface area contributed by atoms with E-state index < -0.39 is 5.82 Å². The largest absolute Gasteiger partial charge is 0.481 e. The van der Waals surface area contributed by atoms with E-state index in [0.29, 0.717) is 21.6 Å². The molecule has 6 heteroatoms. The summed E-state index contributed by atoms with van der Waals surface area (Å²) in [7, 11) is 0. The van der Waals surface area contributed by atoms with Gasteiger partial charge < -0.3 is 9.15 Å². The summed E-state index contributed by atoms with van der Waals surface area (Å²) in [5, 5.41) is 1.17. The smallest absolute Gasteiger partial charge is 0.235 e. The number of fused-ring (bicyclic) bond motifs is 1. The molecule has 1 heterocycles. The highest BCUT2D eigenvalue weighted by molar-refractivity contribution is 6.31. The maximum atomic E-state index is 14.2. The monoisotopic (exact) mass is 442 g/mol. The quantitative estimate of drug-likeness (QED) is 0.338. The third-order valence-electron chi connectivity index (χ3n) is 4.99. The molecule has 0 unspecified atom stereocenters. The van der Waals surface area contributed by atoms with E-state index in [0.717, 1.165) is 11.1 Å². The van der Waals surface area contributed by atoms with Gasteiger partial charge in [-0.15, -0.1) is 0 Å². The van der Waals surface area contributed by atoms with Gasteiger partial charge in [0.05, 0.1) is 10.4 Å². The van der Waals surface area contributed by atoms with Crippen molar-refractivity contribution in [1.82, 2.24) is 0 Å². The predicted molar refractivity (Wildman–Crippen MR) is 118 cm³/mol. The molecule has 0 spiro atoms. The summed E-state index contributed by atoms with van der Waals surface area (Å²) in [6.07, 6.45) is 0. The summed E-state index contributed by atoms with van der Waals surface area (Å²) in [6.45, 7) is 3.65. The number of rotatable bonds is 4. The van der Waals surface area contributed by atoms with Gasteiger partial charge in [0.15, 0.2) is 5.76 Å². The zero-order valence-electron chi connectivity index (χ0n) is 16.3. The Kier molecular flexibility index (Phi) is 5.54. The van der Waals surface area contributed by atoms with Crippen LogP contribution in [0.3, 0.4) is 0 Å². The van der Waals surface area contributed by atoms with Crippen LogP contribution in [0.15, 0.2) is 63.8 Å². The molecule has 30 heavy (non-hydrogen) atoms. The Morgan fingerprint density at radius 1 is 1.00 bits per heavy atom. The van der Waals surface area contributed by atoms with Crippen LogP contribution in [0.25, 0.3) is 22.3 Å². The molecule has 0 saturated heterocycles. The summed E-state index contributed by atoms with van der Waals surface area (Å²) in [5.74, 6) is -0.264. The van der Waals surface area contributed by atoms with Crippen molar-refractivity contribution in [3.63, 3.8) is 0 Å². The molecule has 1 aromatic heterocycles. The number of aryl methyl sites for hydroxylation is 2. The SMILES string of the molecule is Cc1cc2oc(-c3ccc(Cl)cc3)c(OCc3c(F)cccc3Cl)c(=O)c2cc1C. The van der Waals surface area contributed by atoms with E-state index in [1.165, 1.54) is 12.1 Å². The molecular weight excluding hydrogens is 426 g/mol. The minimum atomic E-state index is -0.507. The van der Waals surface area contributed by atoms with Gasteiger partial charge in [0, 0.05) is 16.1 Å². The molecule has 4 aromatic rings. The molecule has 0 amide bonds. The highest BCUT2D eigenvalue weighted by Crippen LogP contribution is 2.33. The Hall–Kier alpha value is -2.82. The van der Waals surface area contributed by atoms with Gasteiger partial charge in [-0.3, -0.25) is 4.79 Å². The van der Waals surface area contributed by atoms with Crippen LogP contribution in [0.4, 0.5) is 4.39 Å². The van der Waals surface area contributed by atoms with E-state index in [1.54, 1.807) is 36.4 Å². The van der Waals surface area contributed by atoms with Gasteiger partial charge in [0.2, 0.25) is 11.2 Å². The van der Waals surface area contributed by atoms with Gasteiger partial charge in [-0.1, -0.05) is 29.3 Å². The van der Waals surface area contributed by atoms with E-state index in [4.69, 9.17) is 32.4 Å². The lowest BCUT2D eigenvalue weighted by Crippen LogP contribution is -2.11. The third-order valence-corrected chi connectivity index (χ3v) is 5.60. The summed E-state index contributed by atoms with van der Waals surface area (Å²) in [6, 6.07) is 14.8. The fourth-order valence-corrected chi connectivity index (χ4v) is 3.51. The second-order valence-electron chi connectivity index (χ2n) is 7.02. The first kappa shape index (κ1) is 20.5. The number of ether oxygens (including phenoxy) is 1.